The molecule has 0 N–H and O–H groups in total. The summed E-state index contributed by atoms with van der Waals surface area (Å²) in [6.45, 7) is 4.61. The van der Waals surface area contributed by atoms with Gasteiger partial charge in [0.25, 0.3) is 11.8 Å². The maximum atomic E-state index is 13.8. The van der Waals surface area contributed by atoms with Crippen molar-refractivity contribution in [2.75, 3.05) is 46.0 Å². The van der Waals surface area contributed by atoms with Crippen LogP contribution in [0.25, 0.3) is 0 Å². The highest BCUT2D eigenvalue weighted by Gasteiger charge is 2.55. The monoisotopic (exact) mass is 495 g/mol. The van der Waals surface area contributed by atoms with Gasteiger partial charge >= 0.3 is 0 Å². The van der Waals surface area contributed by atoms with Gasteiger partial charge < -0.3 is 19.3 Å². The maximum absolute atomic E-state index is 13.8. The van der Waals surface area contributed by atoms with Crippen LogP contribution in [0.2, 0.25) is 0 Å². The Labute approximate surface area is 209 Å². The van der Waals surface area contributed by atoms with E-state index in [0.717, 1.165) is 5.56 Å². The molecule has 3 heterocycles. The Balaban J connectivity index is 1.39. The zero-order valence-corrected chi connectivity index (χ0v) is 20.3. The minimum atomic E-state index is -1.01. The van der Waals surface area contributed by atoms with Gasteiger partial charge in [0.15, 0.2) is 0 Å². The van der Waals surface area contributed by atoms with E-state index in [1.807, 2.05) is 25.1 Å². The molecule has 3 aliphatic heterocycles. The van der Waals surface area contributed by atoms with E-state index < -0.39 is 17.6 Å². The second-order valence-corrected chi connectivity index (χ2v) is 9.55. The topological polar surface area (TPSA) is 79.4 Å². The largest absolute Gasteiger partial charge is 0.378 e. The van der Waals surface area contributed by atoms with Crippen LogP contribution in [0.1, 0.15) is 39.1 Å². The minimum absolute atomic E-state index is 0.0658. The molecule has 9 heteroatoms. The van der Waals surface area contributed by atoms with Crippen molar-refractivity contribution in [1.82, 2.24) is 14.7 Å². The fourth-order valence-electron chi connectivity index (χ4n) is 5.30. The molecule has 3 amide bonds. The van der Waals surface area contributed by atoms with Crippen LogP contribution in [0.4, 0.5) is 4.39 Å². The lowest BCUT2D eigenvalue weighted by atomic mass is 9.95. The summed E-state index contributed by atoms with van der Waals surface area (Å²) in [5.41, 5.74) is 0.910. The number of nitrogens with zero attached hydrogens (tertiary/aromatic N) is 3. The lowest BCUT2D eigenvalue weighted by Gasteiger charge is -2.45. The molecule has 0 radical (unpaired) electrons. The summed E-state index contributed by atoms with van der Waals surface area (Å²) in [4.78, 5) is 45.4. The van der Waals surface area contributed by atoms with Crippen molar-refractivity contribution in [3.63, 3.8) is 0 Å². The number of carbonyl (C=O) groups excluding carboxylic acids is 3. The number of hydrogen-bond donors (Lipinski definition) is 0. The van der Waals surface area contributed by atoms with Crippen LogP contribution in [-0.2, 0) is 14.3 Å². The molecule has 1 spiro atoms. The second kappa shape index (κ2) is 9.99. The van der Waals surface area contributed by atoms with Crippen molar-refractivity contribution in [2.24, 2.45) is 0 Å². The number of hydrogen-bond acceptors (Lipinski definition) is 5. The summed E-state index contributed by atoms with van der Waals surface area (Å²) in [7, 11) is 0. The first-order chi connectivity index (χ1) is 17.4. The first kappa shape index (κ1) is 24.4. The van der Waals surface area contributed by atoms with Crippen molar-refractivity contribution in [1.29, 1.82) is 0 Å². The molecule has 3 saturated heterocycles. The fourth-order valence-corrected chi connectivity index (χ4v) is 5.30. The highest BCUT2D eigenvalue weighted by molar-refractivity contribution is 5.98. The summed E-state index contributed by atoms with van der Waals surface area (Å²) in [5, 5.41) is 0. The average Bonchev–Trinajstić information content (AvgIpc) is 3.27. The predicted molar refractivity (Wildman–Crippen MR) is 129 cm³/mol. The first-order valence-corrected chi connectivity index (χ1v) is 12.3. The van der Waals surface area contributed by atoms with Crippen molar-refractivity contribution < 1.29 is 28.2 Å². The molecule has 0 bridgehead atoms. The van der Waals surface area contributed by atoms with Crippen LogP contribution in [0.3, 0.4) is 0 Å². The second-order valence-electron chi connectivity index (χ2n) is 9.55. The number of morpholine rings is 1. The summed E-state index contributed by atoms with van der Waals surface area (Å²) in [6.07, 6.45) is 0.759. The number of piperidine rings is 1. The molecule has 1 atom stereocenters. The summed E-state index contributed by atoms with van der Waals surface area (Å²) < 4.78 is 25.2. The molecule has 5 rings (SSSR count). The molecule has 0 saturated carbocycles. The van der Waals surface area contributed by atoms with Gasteiger partial charge in [-0.15, -0.1) is 0 Å². The molecule has 2 aromatic rings. The van der Waals surface area contributed by atoms with Crippen LogP contribution in [0.15, 0.2) is 48.5 Å². The van der Waals surface area contributed by atoms with Crippen molar-refractivity contribution in [3.8, 4) is 0 Å². The molecule has 3 aliphatic rings. The van der Waals surface area contributed by atoms with E-state index in [9.17, 15) is 18.8 Å². The molecule has 0 aliphatic carbocycles. The summed E-state index contributed by atoms with van der Waals surface area (Å²) in [6, 6.07) is 12.0. The van der Waals surface area contributed by atoms with Gasteiger partial charge in [0.05, 0.1) is 19.8 Å². The standard InChI is InChI=1S/C27H30FN3O5/c1-19-3-2-4-21(17-19)24(32)29-11-9-27(10-12-29)31(25(33)20-5-7-22(28)8-6-20)23(18-36-27)26(34)30-13-15-35-16-14-30/h2-8,17,23H,9-16,18H2,1H3. The zero-order valence-electron chi connectivity index (χ0n) is 20.3. The minimum Gasteiger partial charge on any atom is -0.378 e. The molecule has 1 unspecified atom stereocenters. The van der Waals surface area contributed by atoms with E-state index in [4.69, 9.17) is 9.47 Å². The number of benzene rings is 2. The average molecular weight is 496 g/mol. The van der Waals surface area contributed by atoms with Gasteiger partial charge in [0.2, 0.25) is 5.91 Å². The van der Waals surface area contributed by atoms with Gasteiger partial charge in [0.1, 0.15) is 17.6 Å². The predicted octanol–water partition coefficient (Wildman–Crippen LogP) is 2.47. The SMILES string of the molecule is Cc1cccc(C(=O)N2CCC3(CC2)OCC(C(=O)N2CCOCC2)N3C(=O)c2ccc(F)cc2)c1. The molecular formula is C27H30FN3O5. The third-order valence-corrected chi connectivity index (χ3v) is 7.28. The number of aryl methyl sites for hydroxylation is 1. The van der Waals surface area contributed by atoms with Crippen molar-refractivity contribution >= 4 is 17.7 Å². The van der Waals surface area contributed by atoms with Crippen LogP contribution in [-0.4, -0.2) is 90.2 Å². The Kier molecular flexibility index (Phi) is 6.77. The van der Waals surface area contributed by atoms with E-state index in [2.05, 4.69) is 0 Å². The van der Waals surface area contributed by atoms with E-state index in [0.29, 0.717) is 63.4 Å². The van der Waals surface area contributed by atoms with Crippen molar-refractivity contribution in [3.05, 3.63) is 71.0 Å². The molecule has 0 aromatic heterocycles. The quantitative estimate of drug-likeness (QED) is 0.654. The number of likely N-dealkylation sites (tertiary alicyclic amines) is 1. The van der Waals surface area contributed by atoms with Crippen LogP contribution in [0.5, 0.6) is 0 Å². The highest BCUT2D eigenvalue weighted by Crippen LogP contribution is 2.39. The Morgan fingerprint density at radius 2 is 1.58 bits per heavy atom. The fraction of sp³-hybridized carbons (Fsp3) is 0.444. The van der Waals surface area contributed by atoms with Gasteiger partial charge in [-0.2, -0.15) is 0 Å². The Morgan fingerprint density at radius 3 is 2.25 bits per heavy atom. The van der Waals surface area contributed by atoms with E-state index in [-0.39, 0.29) is 24.3 Å². The number of amides is 3. The summed E-state index contributed by atoms with van der Waals surface area (Å²) >= 11 is 0. The number of carbonyl (C=O) groups is 3. The summed E-state index contributed by atoms with van der Waals surface area (Å²) in [5.74, 6) is -1.06. The zero-order chi connectivity index (χ0) is 25.3. The van der Waals surface area contributed by atoms with Gasteiger partial charge in [-0.05, 0) is 43.3 Å². The Morgan fingerprint density at radius 1 is 0.889 bits per heavy atom. The van der Waals surface area contributed by atoms with Gasteiger partial charge in [0, 0.05) is 50.1 Å². The Hall–Kier alpha value is -3.30. The van der Waals surface area contributed by atoms with Crippen molar-refractivity contribution in [2.45, 2.75) is 31.5 Å². The van der Waals surface area contributed by atoms with Crippen LogP contribution in [0, 0.1) is 12.7 Å². The van der Waals surface area contributed by atoms with E-state index >= 15 is 0 Å². The molecule has 8 nitrogen and oxygen atoms in total. The smallest absolute Gasteiger partial charge is 0.256 e. The molecule has 3 fully saturated rings. The van der Waals surface area contributed by atoms with Gasteiger partial charge in [-0.25, -0.2) is 4.39 Å². The molecular weight excluding hydrogens is 465 g/mol. The van der Waals surface area contributed by atoms with Crippen LogP contribution < -0.4 is 0 Å². The number of ether oxygens (including phenoxy) is 2. The molecule has 36 heavy (non-hydrogen) atoms. The van der Waals surface area contributed by atoms with Gasteiger partial charge in [-0.3, -0.25) is 19.3 Å². The maximum Gasteiger partial charge on any atom is 0.256 e. The lowest BCUT2D eigenvalue weighted by Crippen LogP contribution is -2.60. The normalized spacial score (nSPS) is 21.6. The van der Waals surface area contributed by atoms with E-state index in [1.165, 1.54) is 24.3 Å². The molecule has 2 aromatic carbocycles. The number of rotatable bonds is 3. The van der Waals surface area contributed by atoms with Crippen LogP contribution >= 0.6 is 0 Å². The van der Waals surface area contributed by atoms with E-state index in [1.54, 1.807) is 20.8 Å². The Bertz CT molecular complexity index is 1140. The lowest BCUT2D eigenvalue weighted by molar-refractivity contribution is -0.141. The molecule has 190 valence electrons. The van der Waals surface area contributed by atoms with Gasteiger partial charge in [-0.1, -0.05) is 17.7 Å². The number of halogens is 1. The first-order valence-electron chi connectivity index (χ1n) is 12.3. The third kappa shape index (κ3) is 4.60. The highest BCUT2D eigenvalue weighted by atomic mass is 19.1. The third-order valence-electron chi connectivity index (χ3n) is 7.28.